The summed E-state index contributed by atoms with van der Waals surface area (Å²) < 4.78 is 9.75. The first kappa shape index (κ1) is 48.0. The van der Waals surface area contributed by atoms with E-state index in [1.165, 1.54) is 87.2 Å². The lowest BCUT2D eigenvalue weighted by Gasteiger charge is -2.17. The summed E-state index contributed by atoms with van der Waals surface area (Å²) >= 11 is 0. The topological polar surface area (TPSA) is 32.6 Å². The molecule has 0 radical (unpaired) electrons. The molecule has 400 valence electrons. The lowest BCUT2D eigenvalue weighted by molar-refractivity contribution is 1.13. The van der Waals surface area contributed by atoms with Gasteiger partial charge in [-0.05, 0) is 143 Å². The Morgan fingerprint density at radius 1 is 0.186 bits per heavy atom. The van der Waals surface area contributed by atoms with Crippen LogP contribution in [0.3, 0.4) is 0 Å². The van der Waals surface area contributed by atoms with E-state index >= 15 is 0 Å². The lowest BCUT2D eigenvalue weighted by atomic mass is 9.94. The zero-order valence-electron chi connectivity index (χ0n) is 46.7. The van der Waals surface area contributed by atoms with Crippen molar-refractivity contribution in [1.82, 2.24) is 23.3 Å². The van der Waals surface area contributed by atoms with E-state index in [4.69, 9.17) is 4.98 Å². The molecule has 18 rings (SSSR count). The van der Waals surface area contributed by atoms with Crippen LogP contribution in [0.25, 0.3) is 166 Å². The molecule has 13 aromatic carbocycles. The summed E-state index contributed by atoms with van der Waals surface area (Å²) in [6.45, 7) is 0. The van der Waals surface area contributed by atoms with Gasteiger partial charge in [0.15, 0.2) is 0 Å². The van der Waals surface area contributed by atoms with Crippen molar-refractivity contribution in [2.75, 3.05) is 0 Å². The number of para-hydroxylation sites is 8. The van der Waals surface area contributed by atoms with E-state index in [0.29, 0.717) is 0 Å². The number of benzene rings is 13. The predicted octanol–water partition coefficient (Wildman–Crippen LogP) is 21.3. The molecule has 0 amide bonds. The quantitative estimate of drug-likeness (QED) is 0.149. The van der Waals surface area contributed by atoms with Crippen LogP contribution in [0.1, 0.15) is 0 Å². The number of hydrogen-bond acceptors (Lipinski definition) is 1. The third-order valence-corrected chi connectivity index (χ3v) is 17.9. The molecule has 5 nitrogen and oxygen atoms in total. The Hall–Kier alpha value is -11.5. The van der Waals surface area contributed by atoms with Gasteiger partial charge in [0.1, 0.15) is 0 Å². The van der Waals surface area contributed by atoms with Crippen molar-refractivity contribution in [1.29, 1.82) is 0 Å². The molecule has 86 heavy (non-hydrogen) atoms. The van der Waals surface area contributed by atoms with Crippen molar-refractivity contribution in [2.24, 2.45) is 0 Å². The Morgan fingerprint density at radius 2 is 0.488 bits per heavy atom. The highest BCUT2D eigenvalue weighted by molar-refractivity contribution is 6.13. The maximum atomic E-state index is 5.59. The summed E-state index contributed by atoms with van der Waals surface area (Å²) in [6.07, 6.45) is 0. The number of fused-ring (bicyclic) bond motifs is 13. The lowest BCUT2D eigenvalue weighted by Crippen LogP contribution is -2.00. The van der Waals surface area contributed by atoms with E-state index in [1.807, 2.05) is 0 Å². The largest absolute Gasteiger partial charge is 0.309 e. The number of rotatable bonds is 8. The molecular weight excluding hydrogens is 1040 g/mol. The van der Waals surface area contributed by atoms with Crippen LogP contribution < -0.4 is 0 Å². The fourth-order valence-electron chi connectivity index (χ4n) is 14.1. The molecule has 5 aromatic heterocycles. The van der Waals surface area contributed by atoms with Crippen LogP contribution in [0, 0.1) is 0 Å². The first-order valence-corrected chi connectivity index (χ1v) is 29.5. The molecule has 0 saturated heterocycles. The summed E-state index contributed by atoms with van der Waals surface area (Å²) in [6, 6.07) is 113. The van der Waals surface area contributed by atoms with Gasteiger partial charge in [0.25, 0.3) is 0 Å². The summed E-state index contributed by atoms with van der Waals surface area (Å²) in [5.41, 5.74) is 23.3. The second-order valence-corrected chi connectivity index (χ2v) is 22.7. The summed E-state index contributed by atoms with van der Waals surface area (Å²) in [5.74, 6) is 0. The SMILES string of the molecule is c1ccc(-c2cc(-c3cccc(-c4cc(-n5c6ccccc6c6ccccc65)cc(-n5c6ccccc6c6ccccc65)c4)c3)nc3ccc(-c4cc(-n5c6ccccc6c6ccccc65)cc(-n5c6ccccc6c6ccccc65)c4)cc23)cc1. The van der Waals surface area contributed by atoms with Crippen LogP contribution in [0.2, 0.25) is 0 Å². The fraction of sp³-hybridized carbons (Fsp3) is 0. The Balaban J connectivity index is 0.825. The molecule has 0 N–H and O–H groups in total. The van der Waals surface area contributed by atoms with Crippen molar-refractivity contribution < 1.29 is 0 Å². The Labute approximate surface area is 495 Å². The average molecular weight is 1090 g/mol. The van der Waals surface area contributed by atoms with Gasteiger partial charge in [0.2, 0.25) is 0 Å². The van der Waals surface area contributed by atoms with Gasteiger partial charge in [-0.15, -0.1) is 0 Å². The molecule has 0 bridgehead atoms. The zero-order chi connectivity index (χ0) is 56.4. The molecule has 0 saturated carbocycles. The summed E-state index contributed by atoms with van der Waals surface area (Å²) in [7, 11) is 0. The van der Waals surface area contributed by atoms with Gasteiger partial charge in [-0.2, -0.15) is 0 Å². The molecular formula is C81H51N5. The summed E-state index contributed by atoms with van der Waals surface area (Å²) in [5, 5.41) is 10.9. The molecule has 0 atom stereocenters. The molecule has 0 fully saturated rings. The highest BCUT2D eigenvalue weighted by Gasteiger charge is 2.21. The van der Waals surface area contributed by atoms with Crippen molar-refractivity contribution >= 4 is 98.1 Å². The van der Waals surface area contributed by atoms with Gasteiger partial charge < -0.3 is 18.3 Å². The Bertz CT molecular complexity index is 5310. The number of nitrogens with zero attached hydrogens (tertiary/aromatic N) is 5. The van der Waals surface area contributed by atoms with Crippen LogP contribution in [0.15, 0.2) is 309 Å². The number of hydrogen-bond donors (Lipinski definition) is 0. The molecule has 0 spiro atoms. The van der Waals surface area contributed by atoms with Gasteiger partial charge in [-0.1, -0.05) is 200 Å². The van der Waals surface area contributed by atoms with Crippen molar-refractivity contribution in [2.45, 2.75) is 0 Å². The average Bonchev–Trinajstić information content (AvgIpc) is 2.76. The van der Waals surface area contributed by atoms with Crippen LogP contribution in [0.5, 0.6) is 0 Å². The Kier molecular flexibility index (Phi) is 10.6. The first-order chi connectivity index (χ1) is 42.6. The van der Waals surface area contributed by atoms with Crippen LogP contribution >= 0.6 is 0 Å². The fourth-order valence-corrected chi connectivity index (χ4v) is 14.1. The second kappa shape index (κ2) is 19.0. The highest BCUT2D eigenvalue weighted by atomic mass is 15.0. The maximum absolute atomic E-state index is 5.59. The molecule has 5 heterocycles. The van der Waals surface area contributed by atoms with Gasteiger partial charge in [-0.25, -0.2) is 4.98 Å². The molecule has 18 aromatic rings. The van der Waals surface area contributed by atoms with E-state index in [1.54, 1.807) is 0 Å². The monoisotopic (exact) mass is 1090 g/mol. The minimum absolute atomic E-state index is 0.911. The van der Waals surface area contributed by atoms with Gasteiger partial charge in [-0.3, -0.25) is 0 Å². The summed E-state index contributed by atoms with van der Waals surface area (Å²) in [4.78, 5) is 5.59. The standard InChI is InChI=1S/C81H51N5/c1-2-21-52(22-3-1)70-51-73(55-24-20-23-53(43-55)56-44-58(83-74-33-12-4-25-62(74)63-26-5-13-34-75(63)83)49-59(45-56)84-76-35-14-6-27-64(76)65-28-7-15-36-77(65)84)82-72-42-41-54(48-71(70)72)57-46-60(85-78-37-16-8-29-66(78)67-30-9-17-38-79(67)85)50-61(47-57)86-80-39-18-10-31-68(80)69-32-11-19-40-81(69)86/h1-51H. The van der Waals surface area contributed by atoms with Crippen LogP contribution in [-0.4, -0.2) is 23.3 Å². The normalized spacial score (nSPS) is 12.0. The van der Waals surface area contributed by atoms with E-state index in [-0.39, 0.29) is 0 Å². The second-order valence-electron chi connectivity index (χ2n) is 22.7. The molecule has 0 aliphatic rings. The van der Waals surface area contributed by atoms with E-state index < -0.39 is 0 Å². The van der Waals surface area contributed by atoms with Crippen LogP contribution in [-0.2, 0) is 0 Å². The number of pyridine rings is 1. The van der Waals surface area contributed by atoms with Gasteiger partial charge in [0, 0.05) is 76.8 Å². The van der Waals surface area contributed by atoms with Crippen LogP contribution in [0.4, 0.5) is 0 Å². The minimum atomic E-state index is 0.911. The predicted molar refractivity (Wildman–Crippen MR) is 361 cm³/mol. The smallest absolute Gasteiger partial charge is 0.0716 e. The number of aromatic nitrogens is 5. The van der Waals surface area contributed by atoms with Gasteiger partial charge in [0.05, 0.1) is 55.3 Å². The Morgan fingerprint density at radius 3 is 0.849 bits per heavy atom. The van der Waals surface area contributed by atoms with Gasteiger partial charge >= 0.3 is 0 Å². The van der Waals surface area contributed by atoms with Crippen molar-refractivity contribution in [3.05, 3.63) is 309 Å². The first-order valence-electron chi connectivity index (χ1n) is 29.5. The third kappa shape index (κ3) is 7.41. The third-order valence-electron chi connectivity index (χ3n) is 17.9. The molecule has 5 heteroatoms. The van der Waals surface area contributed by atoms with Crippen molar-refractivity contribution in [3.63, 3.8) is 0 Å². The minimum Gasteiger partial charge on any atom is -0.309 e. The maximum Gasteiger partial charge on any atom is 0.0716 e. The van der Waals surface area contributed by atoms with Crippen molar-refractivity contribution in [3.8, 4) is 67.4 Å². The van der Waals surface area contributed by atoms with E-state index in [0.717, 1.165) is 78.3 Å². The molecule has 0 aliphatic heterocycles. The highest BCUT2D eigenvalue weighted by Crippen LogP contribution is 2.43. The molecule has 0 aliphatic carbocycles. The van der Waals surface area contributed by atoms with E-state index in [2.05, 4.69) is 328 Å². The zero-order valence-corrected chi connectivity index (χ0v) is 46.7. The van der Waals surface area contributed by atoms with E-state index in [9.17, 15) is 0 Å². The molecule has 0 unspecified atom stereocenters.